The number of nitrogens with zero attached hydrogens (tertiary/aromatic N) is 4. The van der Waals surface area contributed by atoms with Gasteiger partial charge in [-0.05, 0) is 43.5 Å². The second-order valence-electron chi connectivity index (χ2n) is 9.24. The molecule has 3 aromatic rings. The summed E-state index contributed by atoms with van der Waals surface area (Å²) in [6.07, 6.45) is 2.55. The first kappa shape index (κ1) is 27.7. The van der Waals surface area contributed by atoms with Crippen molar-refractivity contribution in [2.45, 2.75) is 44.6 Å². The van der Waals surface area contributed by atoms with E-state index in [-0.39, 0.29) is 0 Å². The van der Waals surface area contributed by atoms with Gasteiger partial charge in [-0.3, -0.25) is 4.90 Å². The maximum atomic E-state index is 13.5. The molecule has 0 amide bonds. The number of hydrogen-bond donors (Lipinski definition) is 0. The molecule has 1 fully saturated rings. The SMILES string of the molecule is CCCN(CCC)S(=O)(=O)c1cccc(-c2csc(=Nc3ccccc3)n2CCCN2CCOCC2)c1. The molecule has 7 nitrogen and oxygen atoms in total. The monoisotopic (exact) mass is 542 g/mol. The van der Waals surface area contributed by atoms with Crippen molar-refractivity contribution in [3.63, 3.8) is 0 Å². The predicted octanol–water partition coefficient (Wildman–Crippen LogP) is 4.98. The summed E-state index contributed by atoms with van der Waals surface area (Å²) in [5, 5.41) is 2.10. The van der Waals surface area contributed by atoms with Crippen LogP contribution in [0.25, 0.3) is 11.3 Å². The first-order valence-corrected chi connectivity index (χ1v) is 15.5. The lowest BCUT2D eigenvalue weighted by Gasteiger charge is -2.26. The van der Waals surface area contributed by atoms with Crippen LogP contribution >= 0.6 is 11.3 Å². The van der Waals surface area contributed by atoms with Crippen LogP contribution in [0.1, 0.15) is 33.1 Å². The molecule has 4 rings (SSSR count). The summed E-state index contributed by atoms with van der Waals surface area (Å²) in [6, 6.07) is 17.3. The van der Waals surface area contributed by atoms with Gasteiger partial charge in [0.05, 0.1) is 29.5 Å². The normalized spacial score (nSPS) is 15.5. The molecule has 1 aromatic heterocycles. The summed E-state index contributed by atoms with van der Waals surface area (Å²) >= 11 is 1.59. The predicted molar refractivity (Wildman–Crippen MR) is 151 cm³/mol. The van der Waals surface area contributed by atoms with E-state index in [1.165, 1.54) is 0 Å². The lowest BCUT2D eigenvalue weighted by Crippen LogP contribution is -2.37. The van der Waals surface area contributed by atoms with Gasteiger partial charge >= 0.3 is 0 Å². The molecule has 9 heteroatoms. The van der Waals surface area contributed by atoms with Crippen LogP contribution in [0.4, 0.5) is 5.69 Å². The van der Waals surface area contributed by atoms with Crippen LogP contribution in [0.3, 0.4) is 0 Å². The Morgan fingerprint density at radius 2 is 1.70 bits per heavy atom. The first-order chi connectivity index (χ1) is 18.0. The highest BCUT2D eigenvalue weighted by atomic mass is 32.2. The standard InChI is InChI=1S/C28H38N4O3S2/c1-3-14-31(15-4-2)37(33,34)26-13-8-10-24(22-26)27-23-36-28(29-25-11-6-5-7-12-25)32(27)17-9-16-30-18-20-35-21-19-30/h5-8,10-13,22-23H,3-4,9,14-21H2,1-2H3. The largest absolute Gasteiger partial charge is 0.379 e. The van der Waals surface area contributed by atoms with Gasteiger partial charge in [-0.15, -0.1) is 11.3 Å². The second kappa shape index (κ2) is 13.5. The van der Waals surface area contributed by atoms with Crippen LogP contribution in [0, 0.1) is 0 Å². The summed E-state index contributed by atoms with van der Waals surface area (Å²) in [5.41, 5.74) is 2.80. The molecule has 2 heterocycles. The van der Waals surface area contributed by atoms with Gasteiger partial charge in [0.1, 0.15) is 0 Å². The minimum absolute atomic E-state index is 0.347. The van der Waals surface area contributed by atoms with Crippen LogP contribution < -0.4 is 4.80 Å². The molecule has 0 spiro atoms. The van der Waals surface area contributed by atoms with Gasteiger partial charge in [0.2, 0.25) is 10.0 Å². The zero-order valence-corrected chi connectivity index (χ0v) is 23.5. The minimum atomic E-state index is -3.56. The van der Waals surface area contributed by atoms with Crippen molar-refractivity contribution < 1.29 is 13.2 Å². The number of morpholine rings is 1. The van der Waals surface area contributed by atoms with Crippen molar-refractivity contribution in [3.8, 4) is 11.3 Å². The third kappa shape index (κ3) is 7.18. The third-order valence-electron chi connectivity index (χ3n) is 6.45. The fourth-order valence-electron chi connectivity index (χ4n) is 4.57. The zero-order valence-electron chi connectivity index (χ0n) is 21.9. The van der Waals surface area contributed by atoms with Crippen molar-refractivity contribution in [2.24, 2.45) is 4.99 Å². The Kier molecular flexibility index (Phi) is 10.1. The summed E-state index contributed by atoms with van der Waals surface area (Å²) in [6.45, 7) is 10.4. The van der Waals surface area contributed by atoms with Gasteiger partial charge in [-0.25, -0.2) is 13.4 Å². The van der Waals surface area contributed by atoms with Gasteiger partial charge in [0.15, 0.2) is 4.80 Å². The molecule has 37 heavy (non-hydrogen) atoms. The van der Waals surface area contributed by atoms with Crippen molar-refractivity contribution in [1.82, 2.24) is 13.8 Å². The fraction of sp³-hybridized carbons (Fsp3) is 0.464. The Morgan fingerprint density at radius 3 is 2.41 bits per heavy atom. The number of sulfonamides is 1. The third-order valence-corrected chi connectivity index (χ3v) is 9.21. The van der Waals surface area contributed by atoms with E-state index in [9.17, 15) is 8.42 Å². The van der Waals surface area contributed by atoms with Gasteiger partial charge in [0, 0.05) is 50.2 Å². The highest BCUT2D eigenvalue weighted by Crippen LogP contribution is 2.26. The summed E-state index contributed by atoms with van der Waals surface area (Å²) in [5.74, 6) is 0. The van der Waals surface area contributed by atoms with Crippen molar-refractivity contribution in [1.29, 1.82) is 0 Å². The van der Waals surface area contributed by atoms with Crippen molar-refractivity contribution in [2.75, 3.05) is 45.9 Å². The van der Waals surface area contributed by atoms with Gasteiger partial charge < -0.3 is 9.30 Å². The zero-order chi connectivity index (χ0) is 26.1. The van der Waals surface area contributed by atoms with E-state index in [0.29, 0.717) is 18.0 Å². The number of hydrogen-bond acceptors (Lipinski definition) is 6. The molecule has 0 bridgehead atoms. The maximum absolute atomic E-state index is 13.5. The van der Waals surface area contributed by atoms with Crippen molar-refractivity contribution in [3.05, 3.63) is 64.8 Å². The Bertz CT molecular complexity index is 1290. The molecule has 0 aliphatic carbocycles. The first-order valence-electron chi connectivity index (χ1n) is 13.2. The number of para-hydroxylation sites is 1. The molecule has 0 unspecified atom stereocenters. The van der Waals surface area contributed by atoms with E-state index in [1.54, 1.807) is 21.7 Å². The lowest BCUT2D eigenvalue weighted by molar-refractivity contribution is 0.0369. The molecular formula is C28H38N4O3S2. The molecule has 0 saturated carbocycles. The van der Waals surface area contributed by atoms with Crippen LogP contribution in [-0.2, 0) is 21.3 Å². The van der Waals surface area contributed by atoms with Gasteiger partial charge in [-0.2, -0.15) is 4.31 Å². The second-order valence-corrected chi connectivity index (χ2v) is 12.0. The van der Waals surface area contributed by atoms with E-state index in [2.05, 4.69) is 14.8 Å². The van der Waals surface area contributed by atoms with E-state index < -0.39 is 10.0 Å². The van der Waals surface area contributed by atoms with E-state index in [1.807, 2.05) is 62.4 Å². The average Bonchev–Trinajstić information content (AvgIpc) is 3.32. The fourth-order valence-corrected chi connectivity index (χ4v) is 7.20. The number of ether oxygens (including phenoxy) is 1. The summed E-state index contributed by atoms with van der Waals surface area (Å²) < 4.78 is 36.3. The topological polar surface area (TPSA) is 67.1 Å². The van der Waals surface area contributed by atoms with E-state index in [0.717, 1.165) is 80.4 Å². The number of rotatable bonds is 12. The highest BCUT2D eigenvalue weighted by Gasteiger charge is 2.24. The Morgan fingerprint density at radius 1 is 0.973 bits per heavy atom. The summed E-state index contributed by atoms with van der Waals surface area (Å²) in [4.78, 5) is 8.62. The quantitative estimate of drug-likeness (QED) is 0.324. The van der Waals surface area contributed by atoms with Gasteiger partial charge in [0.25, 0.3) is 0 Å². The Labute approximate surface area is 225 Å². The molecule has 200 valence electrons. The Balaban J connectivity index is 1.67. The molecule has 0 radical (unpaired) electrons. The average molecular weight is 543 g/mol. The van der Waals surface area contributed by atoms with Crippen LogP contribution in [0.5, 0.6) is 0 Å². The van der Waals surface area contributed by atoms with Crippen LogP contribution in [0.2, 0.25) is 0 Å². The van der Waals surface area contributed by atoms with Crippen molar-refractivity contribution >= 4 is 27.0 Å². The molecule has 1 saturated heterocycles. The van der Waals surface area contributed by atoms with E-state index >= 15 is 0 Å². The number of thiazole rings is 1. The van der Waals surface area contributed by atoms with Crippen LogP contribution in [0.15, 0.2) is 69.9 Å². The number of aromatic nitrogens is 1. The molecule has 2 aromatic carbocycles. The van der Waals surface area contributed by atoms with Crippen LogP contribution in [-0.4, -0.2) is 68.1 Å². The Hall–Kier alpha value is -2.30. The molecule has 0 N–H and O–H groups in total. The molecule has 1 aliphatic heterocycles. The molecule has 1 aliphatic rings. The lowest BCUT2D eigenvalue weighted by atomic mass is 10.1. The van der Waals surface area contributed by atoms with E-state index in [4.69, 9.17) is 9.73 Å². The number of benzene rings is 2. The van der Waals surface area contributed by atoms with Gasteiger partial charge in [-0.1, -0.05) is 44.2 Å². The smallest absolute Gasteiger partial charge is 0.243 e. The molecular weight excluding hydrogens is 504 g/mol. The summed E-state index contributed by atoms with van der Waals surface area (Å²) in [7, 11) is -3.56. The highest BCUT2D eigenvalue weighted by molar-refractivity contribution is 7.89. The minimum Gasteiger partial charge on any atom is -0.379 e. The maximum Gasteiger partial charge on any atom is 0.243 e. The molecule has 0 atom stereocenters.